The standard InChI is InChI=1S/C12H12ClN3OS3/c1-18-11-15-12(20-16-11)19-7-6-10(17)14-9-4-2-8(13)3-5-9/h2-5H,6-7H2,1H3,(H,14,17). The molecule has 4 nitrogen and oxygen atoms in total. The number of nitrogens with one attached hydrogen (secondary N) is 1. The summed E-state index contributed by atoms with van der Waals surface area (Å²) in [7, 11) is 0. The van der Waals surface area contributed by atoms with Gasteiger partial charge in [0.2, 0.25) is 11.1 Å². The Labute approximate surface area is 134 Å². The number of carbonyl (C=O) groups excluding carboxylic acids is 1. The van der Waals surface area contributed by atoms with E-state index in [9.17, 15) is 4.79 Å². The highest BCUT2D eigenvalue weighted by Crippen LogP contribution is 2.24. The van der Waals surface area contributed by atoms with Gasteiger partial charge in [-0.1, -0.05) is 35.1 Å². The van der Waals surface area contributed by atoms with E-state index in [-0.39, 0.29) is 5.91 Å². The molecule has 1 N–H and O–H groups in total. The van der Waals surface area contributed by atoms with Crippen LogP contribution in [0.15, 0.2) is 33.8 Å². The van der Waals surface area contributed by atoms with Gasteiger partial charge in [-0.15, -0.1) is 0 Å². The smallest absolute Gasteiger partial charge is 0.225 e. The number of benzene rings is 1. The fraction of sp³-hybridized carbons (Fsp3) is 0.250. The molecule has 0 aliphatic rings. The average Bonchev–Trinajstić information content (AvgIpc) is 2.89. The van der Waals surface area contributed by atoms with Crippen molar-refractivity contribution in [2.45, 2.75) is 15.9 Å². The molecule has 1 amide bonds. The first-order valence-electron chi connectivity index (χ1n) is 5.73. The van der Waals surface area contributed by atoms with Crippen molar-refractivity contribution in [1.29, 1.82) is 0 Å². The number of thioether (sulfide) groups is 2. The Balaban J connectivity index is 1.73. The molecule has 8 heteroatoms. The highest BCUT2D eigenvalue weighted by Gasteiger charge is 2.06. The van der Waals surface area contributed by atoms with Gasteiger partial charge in [0.05, 0.1) is 0 Å². The molecule has 0 aliphatic heterocycles. The highest BCUT2D eigenvalue weighted by molar-refractivity contribution is 8.01. The van der Waals surface area contributed by atoms with Crippen LogP contribution in [0.5, 0.6) is 0 Å². The van der Waals surface area contributed by atoms with Gasteiger partial charge in [-0.05, 0) is 42.1 Å². The van der Waals surface area contributed by atoms with Crippen LogP contribution < -0.4 is 5.32 Å². The zero-order valence-corrected chi connectivity index (χ0v) is 13.8. The minimum Gasteiger partial charge on any atom is -0.326 e. The van der Waals surface area contributed by atoms with Gasteiger partial charge in [0.1, 0.15) is 0 Å². The minimum atomic E-state index is -0.0190. The summed E-state index contributed by atoms with van der Waals surface area (Å²) in [6.45, 7) is 0. The zero-order valence-electron chi connectivity index (χ0n) is 10.6. The lowest BCUT2D eigenvalue weighted by Crippen LogP contribution is -2.11. The number of aromatic nitrogens is 2. The Bertz CT molecular complexity index is 574. The van der Waals surface area contributed by atoms with E-state index in [0.717, 1.165) is 15.2 Å². The van der Waals surface area contributed by atoms with Crippen molar-refractivity contribution < 1.29 is 4.79 Å². The molecule has 106 valence electrons. The summed E-state index contributed by atoms with van der Waals surface area (Å²) in [6.07, 6.45) is 2.37. The van der Waals surface area contributed by atoms with E-state index in [1.165, 1.54) is 23.3 Å². The van der Waals surface area contributed by atoms with Crippen LogP contribution in [-0.4, -0.2) is 27.3 Å². The second-order valence-electron chi connectivity index (χ2n) is 3.70. The van der Waals surface area contributed by atoms with Gasteiger partial charge in [0.25, 0.3) is 0 Å². The molecule has 0 spiro atoms. The number of anilines is 1. The maximum Gasteiger partial charge on any atom is 0.225 e. The number of carbonyl (C=O) groups is 1. The van der Waals surface area contributed by atoms with Gasteiger partial charge in [0, 0.05) is 22.9 Å². The Hall–Kier alpha value is -0.760. The van der Waals surface area contributed by atoms with Crippen molar-refractivity contribution in [3.8, 4) is 0 Å². The predicted molar refractivity (Wildman–Crippen MR) is 87.1 cm³/mol. The molecular formula is C12H12ClN3OS3. The SMILES string of the molecule is CSc1nsc(SCCC(=O)Nc2ccc(Cl)cc2)n1. The monoisotopic (exact) mass is 345 g/mol. The molecule has 2 rings (SSSR count). The van der Waals surface area contributed by atoms with E-state index >= 15 is 0 Å². The molecule has 2 aromatic rings. The summed E-state index contributed by atoms with van der Waals surface area (Å²) in [5.41, 5.74) is 0.755. The quantitative estimate of drug-likeness (QED) is 0.801. The summed E-state index contributed by atoms with van der Waals surface area (Å²) in [5, 5.41) is 4.26. The van der Waals surface area contributed by atoms with Crippen LogP contribution in [0.3, 0.4) is 0 Å². The molecule has 1 aromatic carbocycles. The molecule has 0 fully saturated rings. The molecule has 0 aliphatic carbocycles. The second-order valence-corrected chi connectivity index (χ2v) is 7.00. The lowest BCUT2D eigenvalue weighted by Gasteiger charge is -2.04. The first-order valence-corrected chi connectivity index (χ1v) is 9.09. The molecule has 0 saturated carbocycles. The predicted octanol–water partition coefficient (Wildman–Crippen LogP) is 4.03. The van der Waals surface area contributed by atoms with Crippen LogP contribution >= 0.6 is 46.7 Å². The third-order valence-corrected chi connectivity index (χ3v) is 5.00. The van der Waals surface area contributed by atoms with Crippen molar-refractivity contribution in [3.05, 3.63) is 29.3 Å². The number of amides is 1. The number of rotatable bonds is 6. The topological polar surface area (TPSA) is 54.9 Å². The molecule has 1 heterocycles. The van der Waals surface area contributed by atoms with Crippen molar-refractivity contribution in [3.63, 3.8) is 0 Å². The van der Waals surface area contributed by atoms with E-state index in [0.29, 0.717) is 17.2 Å². The maximum absolute atomic E-state index is 11.8. The first kappa shape index (κ1) is 15.6. The summed E-state index contributed by atoms with van der Waals surface area (Å²) in [6, 6.07) is 7.06. The van der Waals surface area contributed by atoms with Crippen LogP contribution in [0.25, 0.3) is 0 Å². The Kier molecular flexibility index (Phi) is 6.15. The lowest BCUT2D eigenvalue weighted by atomic mass is 10.3. The summed E-state index contributed by atoms with van der Waals surface area (Å²) in [5.74, 6) is 0.664. The number of hydrogen-bond acceptors (Lipinski definition) is 6. The molecular weight excluding hydrogens is 334 g/mol. The van der Waals surface area contributed by atoms with E-state index in [1.807, 2.05) is 6.26 Å². The summed E-state index contributed by atoms with van der Waals surface area (Å²) < 4.78 is 5.06. The molecule has 0 saturated heterocycles. The van der Waals surface area contributed by atoms with Crippen molar-refractivity contribution in [2.24, 2.45) is 0 Å². The molecule has 0 unspecified atom stereocenters. The van der Waals surface area contributed by atoms with Crippen molar-refractivity contribution in [1.82, 2.24) is 9.36 Å². The fourth-order valence-electron chi connectivity index (χ4n) is 1.33. The van der Waals surface area contributed by atoms with Gasteiger partial charge in [-0.3, -0.25) is 4.79 Å². The first-order chi connectivity index (χ1) is 9.67. The van der Waals surface area contributed by atoms with Crippen LogP contribution in [0.1, 0.15) is 6.42 Å². The summed E-state index contributed by atoms with van der Waals surface area (Å²) in [4.78, 5) is 16.1. The van der Waals surface area contributed by atoms with Crippen LogP contribution in [-0.2, 0) is 4.79 Å². The normalized spacial score (nSPS) is 10.5. The number of nitrogens with zero attached hydrogens (tertiary/aromatic N) is 2. The van der Waals surface area contributed by atoms with Crippen LogP contribution in [0, 0.1) is 0 Å². The Morgan fingerprint density at radius 2 is 2.15 bits per heavy atom. The second kappa shape index (κ2) is 7.87. The van der Waals surface area contributed by atoms with Gasteiger partial charge in [-0.25, -0.2) is 4.98 Å². The molecule has 0 atom stereocenters. The molecule has 0 radical (unpaired) electrons. The maximum atomic E-state index is 11.8. The Morgan fingerprint density at radius 1 is 1.40 bits per heavy atom. The average molecular weight is 346 g/mol. The van der Waals surface area contributed by atoms with E-state index in [1.54, 1.807) is 36.0 Å². The zero-order chi connectivity index (χ0) is 14.4. The van der Waals surface area contributed by atoms with Gasteiger partial charge in [0.15, 0.2) is 4.34 Å². The van der Waals surface area contributed by atoms with E-state index in [2.05, 4.69) is 14.7 Å². The van der Waals surface area contributed by atoms with Crippen molar-refractivity contribution in [2.75, 3.05) is 17.3 Å². The molecule has 1 aromatic heterocycles. The van der Waals surface area contributed by atoms with Crippen molar-refractivity contribution >= 4 is 58.3 Å². The highest BCUT2D eigenvalue weighted by atomic mass is 35.5. The number of hydrogen-bond donors (Lipinski definition) is 1. The largest absolute Gasteiger partial charge is 0.326 e. The van der Waals surface area contributed by atoms with Gasteiger partial charge < -0.3 is 5.32 Å². The van der Waals surface area contributed by atoms with Gasteiger partial charge in [-0.2, -0.15) is 4.37 Å². The lowest BCUT2D eigenvalue weighted by molar-refractivity contribution is -0.115. The fourth-order valence-corrected chi connectivity index (χ4v) is 3.67. The van der Waals surface area contributed by atoms with E-state index < -0.39 is 0 Å². The molecule has 20 heavy (non-hydrogen) atoms. The van der Waals surface area contributed by atoms with E-state index in [4.69, 9.17) is 11.6 Å². The summed E-state index contributed by atoms with van der Waals surface area (Å²) >= 11 is 10.2. The Morgan fingerprint density at radius 3 is 2.80 bits per heavy atom. The number of halogens is 1. The molecule has 0 bridgehead atoms. The van der Waals surface area contributed by atoms with Gasteiger partial charge >= 0.3 is 0 Å². The van der Waals surface area contributed by atoms with Crippen LogP contribution in [0.4, 0.5) is 5.69 Å². The third kappa shape index (κ3) is 4.97. The van der Waals surface area contributed by atoms with Crippen LogP contribution in [0.2, 0.25) is 5.02 Å². The minimum absolute atomic E-state index is 0.0190. The third-order valence-electron chi connectivity index (χ3n) is 2.25.